The van der Waals surface area contributed by atoms with Crippen LogP contribution < -0.4 is 9.80 Å². The summed E-state index contributed by atoms with van der Waals surface area (Å²) < 4.78 is 0. The van der Waals surface area contributed by atoms with Crippen LogP contribution in [0.3, 0.4) is 0 Å². The Bertz CT molecular complexity index is 2310. The van der Waals surface area contributed by atoms with Crippen LogP contribution in [0.4, 0.5) is 28.4 Å². The van der Waals surface area contributed by atoms with E-state index in [4.69, 9.17) is 0 Å². The summed E-state index contributed by atoms with van der Waals surface area (Å²) in [6.07, 6.45) is 18.5. The molecule has 0 heterocycles. The molecule has 0 aromatic heterocycles. The SMILES string of the molecule is C1=CCC(N(c2ccccc2)c2ccc(/C=C/c3ccc(-c4ccc(/C=C/c5ccc(N(c6ccccc6)c6ccccc6)cc5)cc4)cc3)cc2)C=C1. The summed E-state index contributed by atoms with van der Waals surface area (Å²) in [6, 6.07) is 67.1. The Morgan fingerprint density at radius 2 is 0.704 bits per heavy atom. The highest BCUT2D eigenvalue weighted by molar-refractivity contribution is 5.79. The summed E-state index contributed by atoms with van der Waals surface area (Å²) in [6.45, 7) is 0. The van der Waals surface area contributed by atoms with E-state index in [0.717, 1.165) is 29.0 Å². The van der Waals surface area contributed by atoms with Gasteiger partial charge in [0.2, 0.25) is 0 Å². The quantitative estimate of drug-likeness (QED) is 0.124. The second-order valence-corrected chi connectivity index (χ2v) is 13.4. The van der Waals surface area contributed by atoms with Crippen LogP contribution in [0.15, 0.2) is 212 Å². The second kappa shape index (κ2) is 16.6. The van der Waals surface area contributed by atoms with Gasteiger partial charge in [-0.15, -0.1) is 0 Å². The lowest BCUT2D eigenvalue weighted by Gasteiger charge is -2.32. The standard InChI is InChI=1S/C52H42N2/c1-5-13-47(14-6-1)53(48-15-7-2-8-16-48)51-37-29-43(30-38-51)23-21-41-25-33-45(34-26-41)46-35-27-42(28-36-46)22-24-44-31-39-52(40-32-44)54(49-17-9-3-10-18-49)50-19-11-4-12-20-50/h1-19,21-40,50H,20H2/b23-21+,24-22+. The molecule has 7 aromatic rings. The maximum atomic E-state index is 2.42. The maximum Gasteiger partial charge on any atom is 0.0559 e. The van der Waals surface area contributed by atoms with Crippen molar-refractivity contribution in [1.29, 1.82) is 0 Å². The first-order chi connectivity index (χ1) is 26.8. The van der Waals surface area contributed by atoms with Crippen molar-refractivity contribution in [3.63, 3.8) is 0 Å². The average Bonchev–Trinajstić information content (AvgIpc) is 3.25. The second-order valence-electron chi connectivity index (χ2n) is 13.4. The van der Waals surface area contributed by atoms with Gasteiger partial charge in [0.1, 0.15) is 0 Å². The van der Waals surface area contributed by atoms with Gasteiger partial charge in [0.25, 0.3) is 0 Å². The van der Waals surface area contributed by atoms with E-state index >= 15 is 0 Å². The number of anilines is 5. The molecule has 0 saturated carbocycles. The van der Waals surface area contributed by atoms with E-state index in [-0.39, 0.29) is 0 Å². The lowest BCUT2D eigenvalue weighted by molar-refractivity contribution is 0.785. The molecular weight excluding hydrogens is 653 g/mol. The number of para-hydroxylation sites is 3. The number of hydrogen-bond acceptors (Lipinski definition) is 2. The number of hydrogen-bond donors (Lipinski definition) is 0. The van der Waals surface area contributed by atoms with Crippen LogP contribution in [0, 0.1) is 0 Å². The molecule has 8 rings (SSSR count). The maximum absolute atomic E-state index is 2.42. The van der Waals surface area contributed by atoms with Gasteiger partial charge in [0.05, 0.1) is 6.04 Å². The molecule has 54 heavy (non-hydrogen) atoms. The minimum Gasteiger partial charge on any atom is -0.334 e. The van der Waals surface area contributed by atoms with Gasteiger partial charge < -0.3 is 9.80 Å². The molecule has 260 valence electrons. The fraction of sp³-hybridized carbons (Fsp3) is 0.0385. The van der Waals surface area contributed by atoms with Crippen molar-refractivity contribution >= 4 is 52.7 Å². The predicted molar refractivity (Wildman–Crippen MR) is 233 cm³/mol. The first-order valence-electron chi connectivity index (χ1n) is 18.6. The fourth-order valence-corrected chi connectivity index (χ4v) is 6.92. The van der Waals surface area contributed by atoms with Crippen LogP contribution in [-0.2, 0) is 0 Å². The molecule has 2 nitrogen and oxygen atoms in total. The molecule has 0 spiro atoms. The van der Waals surface area contributed by atoms with Crippen molar-refractivity contribution in [3.05, 3.63) is 235 Å². The molecule has 0 fully saturated rings. The summed E-state index contributed by atoms with van der Waals surface area (Å²) in [7, 11) is 0. The highest BCUT2D eigenvalue weighted by atomic mass is 15.2. The van der Waals surface area contributed by atoms with Crippen LogP contribution in [0.2, 0.25) is 0 Å². The van der Waals surface area contributed by atoms with Crippen molar-refractivity contribution in [2.24, 2.45) is 0 Å². The van der Waals surface area contributed by atoms with Crippen LogP contribution in [0.1, 0.15) is 28.7 Å². The van der Waals surface area contributed by atoms with E-state index in [2.05, 4.69) is 246 Å². The molecule has 1 unspecified atom stereocenters. The summed E-state index contributed by atoms with van der Waals surface area (Å²) in [4.78, 5) is 4.70. The Hall–Kier alpha value is -6.90. The lowest BCUT2D eigenvalue weighted by atomic mass is 10.0. The zero-order chi connectivity index (χ0) is 36.4. The monoisotopic (exact) mass is 694 g/mol. The van der Waals surface area contributed by atoms with Crippen LogP contribution in [-0.4, -0.2) is 6.04 Å². The first-order valence-corrected chi connectivity index (χ1v) is 18.6. The molecule has 0 saturated heterocycles. The van der Waals surface area contributed by atoms with E-state index in [9.17, 15) is 0 Å². The highest BCUT2D eigenvalue weighted by Gasteiger charge is 2.18. The Morgan fingerprint density at radius 1 is 0.352 bits per heavy atom. The van der Waals surface area contributed by atoms with Gasteiger partial charge in [-0.1, -0.05) is 176 Å². The van der Waals surface area contributed by atoms with Crippen LogP contribution >= 0.6 is 0 Å². The summed E-state index contributed by atoms with van der Waals surface area (Å²) in [5, 5.41) is 0. The topological polar surface area (TPSA) is 6.48 Å². The third-order valence-electron chi connectivity index (χ3n) is 9.77. The van der Waals surface area contributed by atoms with Gasteiger partial charge in [-0.25, -0.2) is 0 Å². The van der Waals surface area contributed by atoms with Crippen LogP contribution in [0.25, 0.3) is 35.4 Å². The van der Waals surface area contributed by atoms with Gasteiger partial charge >= 0.3 is 0 Å². The van der Waals surface area contributed by atoms with Gasteiger partial charge in [0.15, 0.2) is 0 Å². The van der Waals surface area contributed by atoms with E-state index < -0.39 is 0 Å². The minimum absolute atomic E-state index is 0.298. The Morgan fingerprint density at radius 3 is 1.11 bits per heavy atom. The zero-order valence-electron chi connectivity index (χ0n) is 30.2. The van der Waals surface area contributed by atoms with Gasteiger partial charge in [0, 0.05) is 28.4 Å². The van der Waals surface area contributed by atoms with Gasteiger partial charge in [-0.2, -0.15) is 0 Å². The third-order valence-corrected chi connectivity index (χ3v) is 9.77. The lowest BCUT2D eigenvalue weighted by Crippen LogP contribution is -2.29. The van der Waals surface area contributed by atoms with Gasteiger partial charge in [-0.3, -0.25) is 0 Å². The molecule has 0 N–H and O–H groups in total. The highest BCUT2D eigenvalue weighted by Crippen LogP contribution is 2.35. The summed E-state index contributed by atoms with van der Waals surface area (Å²) in [5.41, 5.74) is 12.9. The van der Waals surface area contributed by atoms with Crippen LogP contribution in [0.5, 0.6) is 0 Å². The molecule has 7 aromatic carbocycles. The number of rotatable bonds is 11. The number of nitrogens with zero attached hydrogens (tertiary/aromatic N) is 2. The molecular formula is C52H42N2. The Labute approximate surface area is 319 Å². The van der Waals surface area contributed by atoms with E-state index in [1.54, 1.807) is 0 Å². The molecule has 1 aliphatic rings. The fourth-order valence-electron chi connectivity index (χ4n) is 6.92. The smallest absolute Gasteiger partial charge is 0.0559 e. The molecule has 0 radical (unpaired) electrons. The molecule has 1 aliphatic carbocycles. The van der Waals surface area contributed by atoms with Gasteiger partial charge in [-0.05, 0) is 100 Å². The normalized spacial score (nSPS) is 13.7. The molecule has 1 atom stereocenters. The Kier molecular flexibility index (Phi) is 10.5. The van der Waals surface area contributed by atoms with Crippen molar-refractivity contribution in [1.82, 2.24) is 0 Å². The van der Waals surface area contributed by atoms with Crippen molar-refractivity contribution in [3.8, 4) is 11.1 Å². The first kappa shape index (κ1) is 34.2. The minimum atomic E-state index is 0.298. The average molecular weight is 695 g/mol. The predicted octanol–water partition coefficient (Wildman–Crippen LogP) is 14.2. The molecule has 0 amide bonds. The van der Waals surface area contributed by atoms with Crippen molar-refractivity contribution < 1.29 is 0 Å². The number of benzene rings is 7. The van der Waals surface area contributed by atoms with Crippen molar-refractivity contribution in [2.75, 3.05) is 9.80 Å². The van der Waals surface area contributed by atoms with E-state index in [1.165, 1.54) is 39.2 Å². The zero-order valence-corrected chi connectivity index (χ0v) is 30.2. The molecule has 0 bridgehead atoms. The summed E-state index contributed by atoms with van der Waals surface area (Å²) in [5.74, 6) is 0. The van der Waals surface area contributed by atoms with E-state index in [1.807, 2.05) is 0 Å². The number of allylic oxidation sites excluding steroid dienone is 2. The largest absolute Gasteiger partial charge is 0.334 e. The van der Waals surface area contributed by atoms with E-state index in [0.29, 0.717) is 6.04 Å². The molecule has 0 aliphatic heterocycles. The summed E-state index contributed by atoms with van der Waals surface area (Å²) >= 11 is 0. The third kappa shape index (κ3) is 8.25. The van der Waals surface area contributed by atoms with Crippen molar-refractivity contribution in [2.45, 2.75) is 12.5 Å². The Balaban J connectivity index is 0.898. The molecule has 2 heteroatoms.